The number of aliphatic hydroxyl groups excluding tert-OH is 1. The molecule has 4 rings (SSSR count). The van der Waals surface area contributed by atoms with Crippen LogP contribution in [0.1, 0.15) is 36.6 Å². The first kappa shape index (κ1) is 17.8. The number of aliphatic hydroxyl groups is 1. The molecule has 0 atom stereocenters. The fraction of sp³-hybridized carbons (Fsp3) is 0.381. The van der Waals surface area contributed by atoms with Crippen LogP contribution in [0.3, 0.4) is 0 Å². The third-order valence-corrected chi connectivity index (χ3v) is 6.47. The Morgan fingerprint density at radius 3 is 2.81 bits per heavy atom. The Morgan fingerprint density at radius 1 is 1.27 bits per heavy atom. The number of rotatable bonds is 6. The van der Waals surface area contributed by atoms with E-state index in [1.165, 1.54) is 19.3 Å². The summed E-state index contributed by atoms with van der Waals surface area (Å²) in [6.45, 7) is 2.92. The van der Waals surface area contributed by atoms with Gasteiger partial charge < -0.3 is 9.84 Å². The largest absolute Gasteiger partial charge is 0.492 e. The third-order valence-electron chi connectivity index (χ3n) is 5.11. The van der Waals surface area contributed by atoms with Crippen molar-refractivity contribution in [3.63, 3.8) is 0 Å². The number of aromatic nitrogens is 1. The van der Waals surface area contributed by atoms with Crippen LogP contribution in [-0.4, -0.2) is 16.7 Å². The summed E-state index contributed by atoms with van der Waals surface area (Å²) < 4.78 is 7.39. The number of benzene rings is 1. The topological polar surface area (TPSA) is 42.4 Å². The van der Waals surface area contributed by atoms with Gasteiger partial charge in [0.1, 0.15) is 5.75 Å². The number of aryl methyl sites for hydroxylation is 1. The fourth-order valence-corrected chi connectivity index (χ4v) is 4.66. The minimum Gasteiger partial charge on any atom is -0.492 e. The fourth-order valence-electron chi connectivity index (χ4n) is 3.42. The Labute approximate surface area is 162 Å². The summed E-state index contributed by atoms with van der Waals surface area (Å²) in [7, 11) is 0. The number of halogens is 1. The number of nitrogens with zero attached hydrogens (tertiary/aromatic N) is 1. The maximum absolute atomic E-state index is 9.50. The molecule has 26 heavy (non-hydrogen) atoms. The highest BCUT2D eigenvalue weighted by Crippen LogP contribution is 2.42. The van der Waals surface area contributed by atoms with Crippen molar-refractivity contribution in [3.05, 3.63) is 45.9 Å². The number of hydrogen-bond donors (Lipinski definition) is 1. The van der Waals surface area contributed by atoms with E-state index in [-0.39, 0.29) is 6.61 Å². The van der Waals surface area contributed by atoms with E-state index in [4.69, 9.17) is 16.3 Å². The van der Waals surface area contributed by atoms with Crippen LogP contribution in [0.5, 0.6) is 5.75 Å². The monoisotopic (exact) mass is 387 g/mol. The zero-order valence-electron chi connectivity index (χ0n) is 14.8. The zero-order valence-corrected chi connectivity index (χ0v) is 16.4. The van der Waals surface area contributed by atoms with E-state index in [0.717, 1.165) is 55.6 Å². The van der Waals surface area contributed by atoms with Gasteiger partial charge in [-0.05, 0) is 55.0 Å². The minimum atomic E-state index is 0.0290. The predicted octanol–water partition coefficient (Wildman–Crippen LogP) is 5.85. The summed E-state index contributed by atoms with van der Waals surface area (Å²) in [6, 6.07) is 7.96. The van der Waals surface area contributed by atoms with E-state index in [0.29, 0.717) is 5.92 Å². The average Bonchev–Trinajstić information content (AvgIpc) is 3.04. The molecule has 2 aromatic heterocycles. The first-order valence-electron chi connectivity index (χ1n) is 9.13. The van der Waals surface area contributed by atoms with Crippen molar-refractivity contribution in [1.82, 2.24) is 4.98 Å². The van der Waals surface area contributed by atoms with Crippen molar-refractivity contribution in [2.45, 2.75) is 39.2 Å². The molecule has 136 valence electrons. The van der Waals surface area contributed by atoms with Crippen LogP contribution in [0.2, 0.25) is 5.02 Å². The van der Waals surface area contributed by atoms with Crippen LogP contribution < -0.4 is 4.74 Å². The summed E-state index contributed by atoms with van der Waals surface area (Å²) in [5.74, 6) is 1.61. The average molecular weight is 388 g/mol. The van der Waals surface area contributed by atoms with Gasteiger partial charge in [-0.1, -0.05) is 24.9 Å². The number of thiophene rings is 1. The van der Waals surface area contributed by atoms with Gasteiger partial charge in [0.15, 0.2) is 0 Å². The molecule has 2 heterocycles. The van der Waals surface area contributed by atoms with E-state index in [1.807, 2.05) is 30.5 Å². The lowest BCUT2D eigenvalue weighted by Gasteiger charge is -2.26. The van der Waals surface area contributed by atoms with Gasteiger partial charge in [0, 0.05) is 27.2 Å². The smallest absolute Gasteiger partial charge is 0.130 e. The molecular formula is C21H22ClNO2S. The second-order valence-corrected chi connectivity index (χ2v) is 8.42. The molecule has 1 fully saturated rings. The molecule has 0 unspecified atom stereocenters. The van der Waals surface area contributed by atoms with Crippen LogP contribution in [-0.2, 0) is 13.0 Å². The van der Waals surface area contributed by atoms with Gasteiger partial charge in [0.05, 0.1) is 23.4 Å². The molecule has 1 N–H and O–H groups in total. The van der Waals surface area contributed by atoms with Crippen molar-refractivity contribution >= 4 is 33.2 Å². The zero-order chi connectivity index (χ0) is 18.1. The van der Waals surface area contributed by atoms with E-state index in [1.54, 1.807) is 11.3 Å². The minimum absolute atomic E-state index is 0.0290. The molecule has 0 radical (unpaired) electrons. The van der Waals surface area contributed by atoms with Crippen molar-refractivity contribution in [3.8, 4) is 16.9 Å². The normalized spacial score (nSPS) is 14.6. The van der Waals surface area contributed by atoms with Gasteiger partial charge in [-0.2, -0.15) is 0 Å². The molecule has 1 aliphatic carbocycles. The van der Waals surface area contributed by atoms with Crippen molar-refractivity contribution < 1.29 is 9.84 Å². The molecule has 3 aromatic rings. The van der Waals surface area contributed by atoms with Crippen LogP contribution in [0.4, 0.5) is 0 Å². The molecule has 5 heteroatoms. The van der Waals surface area contributed by atoms with Gasteiger partial charge >= 0.3 is 0 Å². The highest BCUT2D eigenvalue weighted by molar-refractivity contribution is 7.19. The summed E-state index contributed by atoms with van der Waals surface area (Å²) >= 11 is 8.00. The van der Waals surface area contributed by atoms with E-state index >= 15 is 0 Å². The molecule has 1 saturated carbocycles. The highest BCUT2D eigenvalue weighted by Gasteiger charge is 2.21. The maximum Gasteiger partial charge on any atom is 0.130 e. The van der Waals surface area contributed by atoms with E-state index in [9.17, 15) is 5.11 Å². The van der Waals surface area contributed by atoms with Crippen molar-refractivity contribution in [2.24, 2.45) is 5.92 Å². The summed E-state index contributed by atoms with van der Waals surface area (Å²) in [4.78, 5) is 5.36. The van der Waals surface area contributed by atoms with Crippen molar-refractivity contribution in [2.75, 3.05) is 6.61 Å². The SMILES string of the molecule is CCc1cc(Cl)cc(-c2ccnc3cc(CO)sc23)c1OCC1CCC1. The Kier molecular flexibility index (Phi) is 5.16. The maximum atomic E-state index is 9.50. The second-order valence-electron chi connectivity index (χ2n) is 6.85. The summed E-state index contributed by atoms with van der Waals surface area (Å²) in [5, 5.41) is 10.2. The number of ether oxygens (including phenoxy) is 1. The first-order chi connectivity index (χ1) is 12.7. The van der Waals surface area contributed by atoms with E-state index in [2.05, 4.69) is 11.9 Å². The molecule has 0 bridgehead atoms. The summed E-state index contributed by atoms with van der Waals surface area (Å²) in [5.41, 5.74) is 4.13. The lowest BCUT2D eigenvalue weighted by Crippen LogP contribution is -2.20. The molecule has 1 aromatic carbocycles. The molecule has 1 aliphatic rings. The second kappa shape index (κ2) is 7.55. The summed E-state index contributed by atoms with van der Waals surface area (Å²) in [6.07, 6.45) is 6.51. The third kappa shape index (κ3) is 3.34. The Morgan fingerprint density at radius 2 is 2.12 bits per heavy atom. The first-order valence-corrected chi connectivity index (χ1v) is 10.3. The van der Waals surface area contributed by atoms with Crippen LogP contribution in [0.25, 0.3) is 21.3 Å². The van der Waals surface area contributed by atoms with Crippen LogP contribution >= 0.6 is 22.9 Å². The standard InChI is InChI=1S/C21H22ClNO2S/c1-2-14-8-15(22)9-18(20(14)25-12-13-4-3-5-13)17-6-7-23-19-10-16(11-24)26-21(17)19/h6-10,13,24H,2-5,11-12H2,1H3. The van der Waals surface area contributed by atoms with Crippen molar-refractivity contribution in [1.29, 1.82) is 0 Å². The number of pyridine rings is 1. The predicted molar refractivity (Wildman–Crippen MR) is 108 cm³/mol. The van der Waals surface area contributed by atoms with Gasteiger partial charge in [-0.15, -0.1) is 11.3 Å². The molecule has 0 aliphatic heterocycles. The Balaban J connectivity index is 1.84. The lowest BCUT2D eigenvalue weighted by atomic mass is 9.86. The van der Waals surface area contributed by atoms with Crippen LogP contribution in [0, 0.1) is 5.92 Å². The van der Waals surface area contributed by atoms with Gasteiger partial charge in [-0.3, -0.25) is 4.98 Å². The van der Waals surface area contributed by atoms with Crippen LogP contribution in [0.15, 0.2) is 30.5 Å². The Bertz CT molecular complexity index is 933. The van der Waals surface area contributed by atoms with Gasteiger partial charge in [0.2, 0.25) is 0 Å². The molecule has 0 amide bonds. The quantitative estimate of drug-likeness (QED) is 0.576. The lowest BCUT2D eigenvalue weighted by molar-refractivity contribution is 0.180. The molecular weight excluding hydrogens is 366 g/mol. The molecule has 0 spiro atoms. The highest BCUT2D eigenvalue weighted by atomic mass is 35.5. The van der Waals surface area contributed by atoms with Gasteiger partial charge in [-0.25, -0.2) is 0 Å². The number of hydrogen-bond acceptors (Lipinski definition) is 4. The molecule has 3 nitrogen and oxygen atoms in total. The van der Waals surface area contributed by atoms with Gasteiger partial charge in [0.25, 0.3) is 0 Å². The van der Waals surface area contributed by atoms with E-state index < -0.39 is 0 Å². The number of fused-ring (bicyclic) bond motifs is 1. The molecule has 0 saturated heterocycles. The Hall–Kier alpha value is -1.62.